The fraction of sp³-hybridized carbons (Fsp3) is 0.500. The quantitative estimate of drug-likeness (QED) is 0.680. The van der Waals surface area contributed by atoms with Crippen LogP contribution in [0.2, 0.25) is 0 Å². The number of benzene rings is 2. The minimum absolute atomic E-state index is 0.0480. The predicted octanol–water partition coefficient (Wildman–Crippen LogP) is 3.69. The predicted molar refractivity (Wildman–Crippen MR) is 137 cm³/mol. The molecular formula is C28H38N4O2. The van der Waals surface area contributed by atoms with Crippen LogP contribution in [0.3, 0.4) is 0 Å². The Morgan fingerprint density at radius 3 is 1.21 bits per heavy atom. The summed E-state index contributed by atoms with van der Waals surface area (Å²) in [5, 5.41) is 0. The summed E-state index contributed by atoms with van der Waals surface area (Å²) < 4.78 is 0. The molecular weight excluding hydrogens is 424 g/mol. The average Bonchev–Trinajstić information content (AvgIpc) is 2.88. The maximum Gasteiger partial charge on any atom is 0.254 e. The molecule has 34 heavy (non-hydrogen) atoms. The number of carbonyl (C=O) groups excluding carboxylic acids is 2. The highest BCUT2D eigenvalue weighted by molar-refractivity contribution is 6.06. The number of carbonyl (C=O) groups is 2. The normalized spacial score (nSPS) is 18.1. The minimum Gasteiger partial charge on any atom is -0.336 e. The molecule has 0 bridgehead atoms. The Bertz CT molecular complexity index is 921. The Morgan fingerprint density at radius 1 is 0.559 bits per heavy atom. The van der Waals surface area contributed by atoms with Gasteiger partial charge in [-0.25, -0.2) is 0 Å². The van der Waals surface area contributed by atoms with Gasteiger partial charge in [0, 0.05) is 75.6 Å². The van der Waals surface area contributed by atoms with Gasteiger partial charge in [0.05, 0.1) is 0 Å². The maximum absolute atomic E-state index is 13.6. The van der Waals surface area contributed by atoms with E-state index in [1.807, 2.05) is 58.3 Å². The largest absolute Gasteiger partial charge is 0.336 e. The molecule has 2 aliphatic rings. The van der Waals surface area contributed by atoms with E-state index in [1.54, 1.807) is 0 Å². The van der Waals surface area contributed by atoms with Gasteiger partial charge in [0.15, 0.2) is 0 Å². The van der Waals surface area contributed by atoms with Crippen molar-refractivity contribution in [2.24, 2.45) is 0 Å². The zero-order valence-corrected chi connectivity index (χ0v) is 21.0. The number of hydrogen-bond donors (Lipinski definition) is 0. The second-order valence-corrected chi connectivity index (χ2v) is 9.94. The van der Waals surface area contributed by atoms with Crippen LogP contribution >= 0.6 is 0 Å². The zero-order valence-electron chi connectivity index (χ0n) is 21.0. The van der Waals surface area contributed by atoms with Crippen molar-refractivity contribution in [3.63, 3.8) is 0 Å². The highest BCUT2D eigenvalue weighted by atomic mass is 16.2. The van der Waals surface area contributed by atoms with Crippen molar-refractivity contribution in [2.75, 3.05) is 52.4 Å². The number of hydrogen-bond acceptors (Lipinski definition) is 4. The Balaban J connectivity index is 1.57. The van der Waals surface area contributed by atoms with E-state index < -0.39 is 0 Å². The summed E-state index contributed by atoms with van der Waals surface area (Å²) in [6, 6.07) is 16.4. The molecule has 0 unspecified atom stereocenters. The van der Waals surface area contributed by atoms with Crippen molar-refractivity contribution in [1.29, 1.82) is 0 Å². The van der Waals surface area contributed by atoms with Crippen LogP contribution in [0.1, 0.15) is 48.4 Å². The Morgan fingerprint density at radius 2 is 0.882 bits per heavy atom. The highest BCUT2D eigenvalue weighted by Gasteiger charge is 2.28. The third kappa shape index (κ3) is 5.18. The van der Waals surface area contributed by atoms with Gasteiger partial charge < -0.3 is 9.80 Å². The molecule has 4 rings (SSSR count). The minimum atomic E-state index is 0.0480. The van der Waals surface area contributed by atoms with Crippen LogP contribution in [0.25, 0.3) is 11.1 Å². The van der Waals surface area contributed by atoms with Crippen molar-refractivity contribution >= 4 is 11.8 Å². The van der Waals surface area contributed by atoms with Gasteiger partial charge in [-0.15, -0.1) is 0 Å². The van der Waals surface area contributed by atoms with E-state index in [0.717, 1.165) is 63.5 Å². The first-order valence-electron chi connectivity index (χ1n) is 12.6. The van der Waals surface area contributed by atoms with E-state index in [1.165, 1.54) is 0 Å². The molecule has 0 aliphatic carbocycles. The average molecular weight is 463 g/mol. The van der Waals surface area contributed by atoms with Gasteiger partial charge in [0.1, 0.15) is 0 Å². The standard InChI is InChI=1S/C28H38N4O2/c1-21(2)29-13-17-31(18-14-29)27(33)25-11-7-5-9-23(25)24-10-6-8-12-26(24)28(34)32-19-15-30(16-20-32)22(3)4/h5-12,21-22H,13-20H2,1-4H3. The van der Waals surface area contributed by atoms with Gasteiger partial charge >= 0.3 is 0 Å². The van der Waals surface area contributed by atoms with Crippen LogP contribution in [0.4, 0.5) is 0 Å². The summed E-state index contributed by atoms with van der Waals surface area (Å²) in [4.78, 5) is 35.8. The van der Waals surface area contributed by atoms with Crippen LogP contribution in [0, 0.1) is 0 Å². The van der Waals surface area contributed by atoms with E-state index in [-0.39, 0.29) is 11.8 Å². The number of amides is 2. The lowest BCUT2D eigenvalue weighted by Crippen LogP contribution is -2.51. The SMILES string of the molecule is CC(C)N1CCN(C(=O)c2ccccc2-c2ccccc2C(=O)N2CCN(C(C)C)CC2)CC1. The summed E-state index contributed by atoms with van der Waals surface area (Å²) in [7, 11) is 0. The summed E-state index contributed by atoms with van der Waals surface area (Å²) in [5.74, 6) is 0.0959. The van der Waals surface area contributed by atoms with Crippen molar-refractivity contribution in [1.82, 2.24) is 19.6 Å². The number of rotatable bonds is 5. The van der Waals surface area contributed by atoms with Crippen molar-refractivity contribution in [3.05, 3.63) is 59.7 Å². The number of nitrogens with zero attached hydrogens (tertiary/aromatic N) is 4. The first-order chi connectivity index (χ1) is 16.4. The van der Waals surface area contributed by atoms with E-state index >= 15 is 0 Å². The molecule has 0 atom stereocenters. The van der Waals surface area contributed by atoms with Crippen LogP contribution < -0.4 is 0 Å². The molecule has 2 aliphatic heterocycles. The monoisotopic (exact) mass is 462 g/mol. The summed E-state index contributed by atoms with van der Waals surface area (Å²) in [5.41, 5.74) is 3.02. The third-order valence-corrected chi connectivity index (χ3v) is 7.27. The molecule has 0 radical (unpaired) electrons. The van der Waals surface area contributed by atoms with Gasteiger partial charge in [-0.1, -0.05) is 36.4 Å². The zero-order chi connectivity index (χ0) is 24.2. The summed E-state index contributed by atoms with van der Waals surface area (Å²) >= 11 is 0. The van der Waals surface area contributed by atoms with E-state index in [2.05, 4.69) is 37.5 Å². The van der Waals surface area contributed by atoms with Crippen LogP contribution in [-0.4, -0.2) is 95.9 Å². The highest BCUT2D eigenvalue weighted by Crippen LogP contribution is 2.29. The fourth-order valence-electron chi connectivity index (χ4n) is 5.03. The van der Waals surface area contributed by atoms with Gasteiger partial charge in [-0.05, 0) is 51.0 Å². The summed E-state index contributed by atoms with van der Waals surface area (Å²) in [6.45, 7) is 15.3. The Hall–Kier alpha value is -2.70. The Kier molecular flexibility index (Phi) is 7.69. The molecule has 2 heterocycles. The van der Waals surface area contributed by atoms with Gasteiger partial charge in [0.2, 0.25) is 0 Å². The van der Waals surface area contributed by atoms with E-state index in [9.17, 15) is 9.59 Å². The van der Waals surface area contributed by atoms with Crippen molar-refractivity contribution in [3.8, 4) is 11.1 Å². The van der Waals surface area contributed by atoms with E-state index in [4.69, 9.17) is 0 Å². The van der Waals surface area contributed by atoms with E-state index in [0.29, 0.717) is 23.2 Å². The molecule has 2 aromatic carbocycles. The molecule has 0 saturated carbocycles. The molecule has 2 aromatic rings. The molecule has 6 heteroatoms. The topological polar surface area (TPSA) is 47.1 Å². The van der Waals surface area contributed by atoms with Crippen molar-refractivity contribution < 1.29 is 9.59 Å². The van der Waals surface area contributed by atoms with Crippen LogP contribution in [0.15, 0.2) is 48.5 Å². The lowest BCUT2D eigenvalue weighted by atomic mass is 9.93. The number of piperazine rings is 2. The molecule has 2 amide bonds. The molecule has 2 fully saturated rings. The maximum atomic E-state index is 13.6. The molecule has 182 valence electrons. The molecule has 0 aromatic heterocycles. The lowest BCUT2D eigenvalue weighted by molar-refractivity contribution is 0.0589. The van der Waals surface area contributed by atoms with Gasteiger partial charge in [0.25, 0.3) is 11.8 Å². The molecule has 0 spiro atoms. The smallest absolute Gasteiger partial charge is 0.254 e. The molecule has 0 N–H and O–H groups in total. The molecule has 6 nitrogen and oxygen atoms in total. The first-order valence-corrected chi connectivity index (χ1v) is 12.6. The van der Waals surface area contributed by atoms with Crippen molar-refractivity contribution in [2.45, 2.75) is 39.8 Å². The van der Waals surface area contributed by atoms with Crippen LogP contribution in [0.5, 0.6) is 0 Å². The first kappa shape index (κ1) is 24.4. The van der Waals surface area contributed by atoms with Gasteiger partial charge in [-0.3, -0.25) is 19.4 Å². The molecule has 2 saturated heterocycles. The van der Waals surface area contributed by atoms with Gasteiger partial charge in [-0.2, -0.15) is 0 Å². The second kappa shape index (κ2) is 10.7. The van der Waals surface area contributed by atoms with Crippen LogP contribution in [-0.2, 0) is 0 Å². The Labute approximate surface area is 204 Å². The second-order valence-electron chi connectivity index (χ2n) is 9.94. The third-order valence-electron chi connectivity index (χ3n) is 7.27. The summed E-state index contributed by atoms with van der Waals surface area (Å²) in [6.07, 6.45) is 0. The fourth-order valence-corrected chi connectivity index (χ4v) is 5.03. The lowest BCUT2D eigenvalue weighted by Gasteiger charge is -2.37.